The summed E-state index contributed by atoms with van der Waals surface area (Å²) in [4.78, 5) is 2.17. The highest BCUT2D eigenvalue weighted by Crippen LogP contribution is 2.24. The van der Waals surface area contributed by atoms with Crippen molar-refractivity contribution in [3.8, 4) is 11.3 Å². The van der Waals surface area contributed by atoms with Crippen LogP contribution in [0.1, 0.15) is 25.3 Å². The lowest BCUT2D eigenvalue weighted by Gasteiger charge is -2.16. The molecule has 1 aromatic carbocycles. The first-order valence-corrected chi connectivity index (χ1v) is 6.77. The van der Waals surface area contributed by atoms with Crippen molar-refractivity contribution in [1.29, 1.82) is 0 Å². The number of hydrogen-bond donors (Lipinski definition) is 1. The standard InChI is InChI=1S/C15H19F2N3/c1-3-4-5-20(2)10-12-9-18-19-15(12)11-6-13(16)8-14(17)7-11/h6-9H,3-5,10H2,1-2H3,(H,18,19). The number of benzene rings is 1. The zero-order valence-corrected chi connectivity index (χ0v) is 11.8. The molecular formula is C15H19F2N3. The van der Waals surface area contributed by atoms with Gasteiger partial charge in [0.05, 0.1) is 11.9 Å². The van der Waals surface area contributed by atoms with Gasteiger partial charge in [-0.15, -0.1) is 0 Å². The van der Waals surface area contributed by atoms with Crippen LogP contribution in [0.5, 0.6) is 0 Å². The fourth-order valence-corrected chi connectivity index (χ4v) is 2.18. The molecule has 1 N–H and O–H groups in total. The molecule has 5 heteroatoms. The van der Waals surface area contributed by atoms with Gasteiger partial charge in [-0.1, -0.05) is 13.3 Å². The fourth-order valence-electron chi connectivity index (χ4n) is 2.18. The van der Waals surface area contributed by atoms with Gasteiger partial charge in [-0.25, -0.2) is 8.78 Å². The Morgan fingerprint density at radius 3 is 2.55 bits per heavy atom. The third-order valence-electron chi connectivity index (χ3n) is 3.20. The molecule has 108 valence electrons. The predicted molar refractivity (Wildman–Crippen MR) is 75.2 cm³/mol. The van der Waals surface area contributed by atoms with Crippen LogP contribution >= 0.6 is 0 Å². The Labute approximate surface area is 117 Å². The van der Waals surface area contributed by atoms with E-state index < -0.39 is 11.6 Å². The zero-order valence-electron chi connectivity index (χ0n) is 11.8. The molecule has 0 atom stereocenters. The Kier molecular flexibility index (Phi) is 4.84. The molecule has 0 saturated carbocycles. The van der Waals surface area contributed by atoms with Crippen LogP contribution in [0.15, 0.2) is 24.4 Å². The maximum Gasteiger partial charge on any atom is 0.126 e. The molecule has 0 bridgehead atoms. The van der Waals surface area contributed by atoms with Crippen LogP contribution in [0.2, 0.25) is 0 Å². The zero-order chi connectivity index (χ0) is 14.5. The number of aromatic nitrogens is 2. The summed E-state index contributed by atoms with van der Waals surface area (Å²) in [5.74, 6) is -1.17. The van der Waals surface area contributed by atoms with Gasteiger partial charge in [-0.3, -0.25) is 5.10 Å². The van der Waals surface area contributed by atoms with Crippen molar-refractivity contribution in [3.63, 3.8) is 0 Å². The Balaban J connectivity index is 2.19. The summed E-state index contributed by atoms with van der Waals surface area (Å²) in [6.45, 7) is 3.83. The van der Waals surface area contributed by atoms with Crippen molar-refractivity contribution in [2.75, 3.05) is 13.6 Å². The first-order chi connectivity index (χ1) is 9.60. The van der Waals surface area contributed by atoms with E-state index in [0.717, 1.165) is 31.0 Å². The van der Waals surface area contributed by atoms with Crippen molar-refractivity contribution < 1.29 is 8.78 Å². The van der Waals surface area contributed by atoms with Crippen molar-refractivity contribution in [2.45, 2.75) is 26.3 Å². The minimum atomic E-state index is -0.583. The van der Waals surface area contributed by atoms with Crippen LogP contribution in [0, 0.1) is 11.6 Å². The van der Waals surface area contributed by atoms with E-state index in [1.165, 1.54) is 12.1 Å². The van der Waals surface area contributed by atoms with Gasteiger partial charge in [-0.2, -0.15) is 5.10 Å². The average molecular weight is 279 g/mol. The number of aromatic amines is 1. The lowest BCUT2D eigenvalue weighted by molar-refractivity contribution is 0.321. The van der Waals surface area contributed by atoms with E-state index >= 15 is 0 Å². The van der Waals surface area contributed by atoms with Gasteiger partial charge in [0.2, 0.25) is 0 Å². The number of nitrogens with one attached hydrogen (secondary N) is 1. The smallest absolute Gasteiger partial charge is 0.126 e. The van der Waals surface area contributed by atoms with E-state index in [0.29, 0.717) is 17.8 Å². The van der Waals surface area contributed by atoms with Gasteiger partial charge in [0.1, 0.15) is 11.6 Å². The number of rotatable bonds is 6. The Morgan fingerprint density at radius 1 is 1.20 bits per heavy atom. The van der Waals surface area contributed by atoms with E-state index in [4.69, 9.17) is 0 Å². The second kappa shape index (κ2) is 6.61. The molecule has 20 heavy (non-hydrogen) atoms. The van der Waals surface area contributed by atoms with E-state index in [9.17, 15) is 8.78 Å². The number of H-pyrrole nitrogens is 1. The highest BCUT2D eigenvalue weighted by Gasteiger charge is 2.12. The van der Waals surface area contributed by atoms with Crippen LogP contribution in [0.25, 0.3) is 11.3 Å². The molecule has 2 rings (SSSR count). The summed E-state index contributed by atoms with van der Waals surface area (Å²) < 4.78 is 26.6. The molecule has 1 aromatic heterocycles. The van der Waals surface area contributed by atoms with Crippen molar-refractivity contribution in [2.24, 2.45) is 0 Å². The quantitative estimate of drug-likeness (QED) is 0.876. The Hall–Kier alpha value is -1.75. The van der Waals surface area contributed by atoms with Gasteiger partial charge in [0.25, 0.3) is 0 Å². The molecule has 2 aromatic rings. The van der Waals surface area contributed by atoms with Crippen molar-refractivity contribution in [3.05, 3.63) is 41.6 Å². The maximum atomic E-state index is 13.3. The molecule has 0 unspecified atom stereocenters. The maximum absolute atomic E-state index is 13.3. The molecule has 0 radical (unpaired) electrons. The molecule has 0 aliphatic heterocycles. The molecular weight excluding hydrogens is 260 g/mol. The van der Waals surface area contributed by atoms with Crippen molar-refractivity contribution in [1.82, 2.24) is 15.1 Å². The Morgan fingerprint density at radius 2 is 1.90 bits per heavy atom. The second-order valence-corrected chi connectivity index (χ2v) is 5.02. The normalized spacial score (nSPS) is 11.2. The van der Waals surface area contributed by atoms with E-state index in [1.54, 1.807) is 6.20 Å². The third kappa shape index (κ3) is 3.63. The molecule has 0 amide bonds. The molecule has 0 spiro atoms. The summed E-state index contributed by atoms with van der Waals surface area (Å²) in [5, 5.41) is 6.82. The molecule has 0 saturated heterocycles. The summed E-state index contributed by atoms with van der Waals surface area (Å²) in [6.07, 6.45) is 3.97. The van der Waals surface area contributed by atoms with Crippen LogP contribution in [-0.2, 0) is 6.54 Å². The summed E-state index contributed by atoms with van der Waals surface area (Å²) >= 11 is 0. The van der Waals surface area contributed by atoms with Crippen LogP contribution in [-0.4, -0.2) is 28.7 Å². The summed E-state index contributed by atoms with van der Waals surface area (Å²) in [6, 6.07) is 3.49. The van der Waals surface area contributed by atoms with Crippen molar-refractivity contribution >= 4 is 0 Å². The molecule has 0 aliphatic rings. The average Bonchev–Trinajstić information content (AvgIpc) is 2.83. The SMILES string of the molecule is CCCCN(C)Cc1cn[nH]c1-c1cc(F)cc(F)c1. The van der Waals surface area contributed by atoms with Gasteiger partial charge >= 0.3 is 0 Å². The number of unbranched alkanes of at least 4 members (excludes halogenated alkanes) is 1. The topological polar surface area (TPSA) is 31.9 Å². The highest BCUT2D eigenvalue weighted by molar-refractivity contribution is 5.62. The summed E-state index contributed by atoms with van der Waals surface area (Å²) in [5.41, 5.74) is 2.10. The summed E-state index contributed by atoms with van der Waals surface area (Å²) in [7, 11) is 2.03. The first-order valence-electron chi connectivity index (χ1n) is 6.77. The molecule has 3 nitrogen and oxygen atoms in total. The fraction of sp³-hybridized carbons (Fsp3) is 0.400. The van der Waals surface area contributed by atoms with Crippen LogP contribution < -0.4 is 0 Å². The Bertz CT molecular complexity index is 546. The van der Waals surface area contributed by atoms with E-state index in [-0.39, 0.29) is 0 Å². The largest absolute Gasteiger partial charge is 0.302 e. The second-order valence-electron chi connectivity index (χ2n) is 5.02. The van der Waals surface area contributed by atoms with Crippen LogP contribution in [0.3, 0.4) is 0 Å². The highest BCUT2D eigenvalue weighted by atomic mass is 19.1. The number of nitrogens with zero attached hydrogens (tertiary/aromatic N) is 2. The monoisotopic (exact) mass is 279 g/mol. The van der Waals surface area contributed by atoms with Gasteiger partial charge < -0.3 is 4.90 Å². The molecule has 1 heterocycles. The predicted octanol–water partition coefficient (Wildman–Crippen LogP) is 3.59. The van der Waals surface area contributed by atoms with Gasteiger partial charge in [0.15, 0.2) is 0 Å². The minimum Gasteiger partial charge on any atom is -0.302 e. The third-order valence-corrected chi connectivity index (χ3v) is 3.20. The minimum absolute atomic E-state index is 0.485. The lowest BCUT2D eigenvalue weighted by atomic mass is 10.1. The van der Waals surface area contributed by atoms with E-state index in [1.807, 2.05) is 7.05 Å². The first kappa shape index (κ1) is 14.7. The van der Waals surface area contributed by atoms with E-state index in [2.05, 4.69) is 22.0 Å². The van der Waals surface area contributed by atoms with Gasteiger partial charge in [0, 0.05) is 23.7 Å². The number of halogens is 2. The molecule has 0 aliphatic carbocycles. The molecule has 0 fully saturated rings. The lowest BCUT2D eigenvalue weighted by Crippen LogP contribution is -2.19. The number of hydrogen-bond acceptors (Lipinski definition) is 2. The van der Waals surface area contributed by atoms with Crippen LogP contribution in [0.4, 0.5) is 8.78 Å². The van der Waals surface area contributed by atoms with Gasteiger partial charge in [-0.05, 0) is 32.1 Å².